The monoisotopic (exact) mass is 306 g/mol. The third kappa shape index (κ3) is 3.46. The smallest absolute Gasteiger partial charge is 0.242 e. The Labute approximate surface area is 124 Å². The zero-order valence-electron chi connectivity index (χ0n) is 11.8. The standard InChI is InChI=1S/C15H18N2O3S/c1-11-6-9-13(20-11)10-16-14-4-2-3-5-15(14)21(18,19)17-12-7-8-12/h2-6,9,12,16-17H,7-8,10H2,1H3. The van der Waals surface area contributed by atoms with Gasteiger partial charge in [-0.25, -0.2) is 13.1 Å². The summed E-state index contributed by atoms with van der Waals surface area (Å²) in [4.78, 5) is 0.278. The lowest BCUT2D eigenvalue weighted by Crippen LogP contribution is -2.26. The van der Waals surface area contributed by atoms with Gasteiger partial charge in [0.1, 0.15) is 16.4 Å². The van der Waals surface area contributed by atoms with Crippen LogP contribution in [0, 0.1) is 6.92 Å². The molecule has 1 fully saturated rings. The first-order chi connectivity index (χ1) is 10.0. The average molecular weight is 306 g/mol. The van der Waals surface area contributed by atoms with Gasteiger partial charge in [-0.15, -0.1) is 0 Å². The number of para-hydroxylation sites is 1. The Hall–Kier alpha value is -1.79. The first-order valence-corrected chi connectivity index (χ1v) is 8.43. The summed E-state index contributed by atoms with van der Waals surface area (Å²) in [6, 6.07) is 10.8. The van der Waals surface area contributed by atoms with Crippen molar-refractivity contribution in [2.24, 2.45) is 0 Å². The predicted molar refractivity (Wildman–Crippen MR) is 80.6 cm³/mol. The summed E-state index contributed by atoms with van der Waals surface area (Å²) in [6.07, 6.45) is 1.83. The molecule has 21 heavy (non-hydrogen) atoms. The minimum absolute atomic E-state index is 0.0933. The number of furan rings is 1. The van der Waals surface area contributed by atoms with Crippen LogP contribution in [0.25, 0.3) is 0 Å². The van der Waals surface area contributed by atoms with Gasteiger partial charge in [-0.2, -0.15) is 0 Å². The molecule has 2 aromatic rings. The van der Waals surface area contributed by atoms with Crippen molar-refractivity contribution in [3.8, 4) is 0 Å². The van der Waals surface area contributed by atoms with Crippen molar-refractivity contribution in [3.05, 3.63) is 47.9 Å². The molecule has 0 unspecified atom stereocenters. The van der Waals surface area contributed by atoms with Gasteiger partial charge in [0.15, 0.2) is 0 Å². The first-order valence-electron chi connectivity index (χ1n) is 6.95. The van der Waals surface area contributed by atoms with Crippen molar-refractivity contribution in [1.82, 2.24) is 4.72 Å². The fraction of sp³-hybridized carbons (Fsp3) is 0.333. The van der Waals surface area contributed by atoms with Gasteiger partial charge in [0.05, 0.1) is 12.2 Å². The summed E-state index contributed by atoms with van der Waals surface area (Å²) in [5, 5.41) is 3.13. The van der Waals surface area contributed by atoms with Gasteiger partial charge in [0.2, 0.25) is 10.0 Å². The molecule has 5 nitrogen and oxygen atoms in total. The molecule has 0 atom stereocenters. The highest BCUT2D eigenvalue weighted by molar-refractivity contribution is 7.89. The summed E-state index contributed by atoms with van der Waals surface area (Å²) in [7, 11) is -3.47. The molecule has 0 bridgehead atoms. The van der Waals surface area contributed by atoms with E-state index >= 15 is 0 Å². The molecule has 0 saturated heterocycles. The number of rotatable bonds is 6. The van der Waals surface area contributed by atoms with E-state index in [1.807, 2.05) is 25.1 Å². The third-order valence-corrected chi connectivity index (χ3v) is 4.90. The normalized spacial score (nSPS) is 15.1. The summed E-state index contributed by atoms with van der Waals surface area (Å²) in [6.45, 7) is 2.32. The minimum atomic E-state index is -3.47. The van der Waals surface area contributed by atoms with Crippen LogP contribution in [0.3, 0.4) is 0 Å². The third-order valence-electron chi connectivity index (χ3n) is 3.32. The van der Waals surface area contributed by atoms with E-state index < -0.39 is 10.0 Å². The van der Waals surface area contributed by atoms with Gasteiger partial charge in [-0.1, -0.05) is 12.1 Å². The number of nitrogens with one attached hydrogen (secondary N) is 2. The Kier molecular flexibility index (Phi) is 3.73. The molecule has 0 amide bonds. The van der Waals surface area contributed by atoms with E-state index in [1.54, 1.807) is 18.2 Å². The van der Waals surface area contributed by atoms with Crippen LogP contribution in [0.5, 0.6) is 0 Å². The summed E-state index contributed by atoms with van der Waals surface area (Å²) in [5.41, 5.74) is 0.583. The van der Waals surface area contributed by atoms with Gasteiger partial charge in [-0.05, 0) is 44.0 Å². The average Bonchev–Trinajstić information content (AvgIpc) is 3.15. The topological polar surface area (TPSA) is 71.3 Å². The molecule has 1 heterocycles. The number of sulfonamides is 1. The number of aryl methyl sites for hydroxylation is 1. The predicted octanol–water partition coefficient (Wildman–Crippen LogP) is 2.64. The quantitative estimate of drug-likeness (QED) is 0.860. The van der Waals surface area contributed by atoms with Gasteiger partial charge in [-0.3, -0.25) is 0 Å². The zero-order valence-corrected chi connectivity index (χ0v) is 12.6. The van der Waals surface area contributed by atoms with Crippen LogP contribution in [0.4, 0.5) is 5.69 Å². The van der Waals surface area contributed by atoms with E-state index in [0.717, 1.165) is 24.4 Å². The second-order valence-corrected chi connectivity index (χ2v) is 6.94. The van der Waals surface area contributed by atoms with Crippen LogP contribution < -0.4 is 10.0 Å². The molecule has 1 aliphatic carbocycles. The van der Waals surface area contributed by atoms with E-state index in [9.17, 15) is 8.42 Å². The highest BCUT2D eigenvalue weighted by atomic mass is 32.2. The maximum atomic E-state index is 12.3. The Morgan fingerprint density at radius 3 is 2.62 bits per heavy atom. The van der Waals surface area contributed by atoms with Crippen LogP contribution in [0.1, 0.15) is 24.4 Å². The second kappa shape index (κ2) is 5.54. The molecule has 0 radical (unpaired) electrons. The second-order valence-electron chi connectivity index (χ2n) is 5.26. The molecular weight excluding hydrogens is 288 g/mol. The lowest BCUT2D eigenvalue weighted by molar-refractivity contribution is 0.490. The molecule has 1 saturated carbocycles. The molecule has 1 aromatic carbocycles. The van der Waals surface area contributed by atoms with Gasteiger partial charge < -0.3 is 9.73 Å². The lowest BCUT2D eigenvalue weighted by atomic mass is 10.3. The van der Waals surface area contributed by atoms with Crippen molar-refractivity contribution < 1.29 is 12.8 Å². The van der Waals surface area contributed by atoms with E-state index in [1.165, 1.54) is 0 Å². The molecule has 112 valence electrons. The summed E-state index contributed by atoms with van der Waals surface area (Å²) >= 11 is 0. The van der Waals surface area contributed by atoms with Crippen molar-refractivity contribution in [2.45, 2.75) is 37.2 Å². The Balaban J connectivity index is 1.78. The van der Waals surface area contributed by atoms with Crippen molar-refractivity contribution in [2.75, 3.05) is 5.32 Å². The van der Waals surface area contributed by atoms with Gasteiger partial charge >= 0.3 is 0 Å². The molecule has 0 spiro atoms. The summed E-state index contributed by atoms with van der Waals surface area (Å²) in [5.74, 6) is 1.61. The largest absolute Gasteiger partial charge is 0.465 e. The molecule has 6 heteroatoms. The Morgan fingerprint density at radius 2 is 1.95 bits per heavy atom. The summed E-state index contributed by atoms with van der Waals surface area (Å²) < 4.78 is 32.9. The molecule has 0 aliphatic heterocycles. The van der Waals surface area contributed by atoms with Crippen molar-refractivity contribution in [1.29, 1.82) is 0 Å². The van der Waals surface area contributed by atoms with E-state index in [2.05, 4.69) is 10.0 Å². The van der Waals surface area contributed by atoms with Crippen LogP contribution in [-0.2, 0) is 16.6 Å². The molecular formula is C15H18N2O3S. The van der Waals surface area contributed by atoms with Crippen molar-refractivity contribution >= 4 is 15.7 Å². The number of hydrogen-bond donors (Lipinski definition) is 2. The maximum absolute atomic E-state index is 12.3. The van der Waals surface area contributed by atoms with E-state index in [4.69, 9.17) is 4.42 Å². The van der Waals surface area contributed by atoms with E-state index in [0.29, 0.717) is 12.2 Å². The van der Waals surface area contributed by atoms with Crippen LogP contribution in [0.15, 0.2) is 45.7 Å². The fourth-order valence-corrected chi connectivity index (χ4v) is 3.58. The van der Waals surface area contributed by atoms with E-state index in [-0.39, 0.29) is 10.9 Å². The highest BCUT2D eigenvalue weighted by Crippen LogP contribution is 2.26. The fourth-order valence-electron chi connectivity index (χ4n) is 2.09. The van der Waals surface area contributed by atoms with Gasteiger partial charge in [0, 0.05) is 6.04 Å². The van der Waals surface area contributed by atoms with Crippen LogP contribution in [-0.4, -0.2) is 14.5 Å². The number of anilines is 1. The maximum Gasteiger partial charge on any atom is 0.242 e. The molecule has 1 aliphatic rings. The Bertz CT molecular complexity index is 733. The minimum Gasteiger partial charge on any atom is -0.465 e. The van der Waals surface area contributed by atoms with Crippen LogP contribution >= 0.6 is 0 Å². The SMILES string of the molecule is Cc1ccc(CNc2ccccc2S(=O)(=O)NC2CC2)o1. The number of hydrogen-bond acceptors (Lipinski definition) is 4. The molecule has 2 N–H and O–H groups in total. The zero-order chi connectivity index (χ0) is 14.9. The molecule has 1 aromatic heterocycles. The van der Waals surface area contributed by atoms with Gasteiger partial charge in [0.25, 0.3) is 0 Å². The number of benzene rings is 1. The lowest BCUT2D eigenvalue weighted by Gasteiger charge is -2.12. The van der Waals surface area contributed by atoms with Crippen molar-refractivity contribution in [3.63, 3.8) is 0 Å². The Morgan fingerprint density at radius 1 is 1.19 bits per heavy atom. The van der Waals surface area contributed by atoms with Crippen LogP contribution in [0.2, 0.25) is 0 Å². The first kappa shape index (κ1) is 14.2. The highest BCUT2D eigenvalue weighted by Gasteiger charge is 2.29. The molecule has 3 rings (SSSR count).